The molecule has 0 radical (unpaired) electrons. The minimum absolute atomic E-state index is 0.0356. The lowest BCUT2D eigenvalue weighted by molar-refractivity contribution is -0.122. The van der Waals surface area contributed by atoms with Crippen molar-refractivity contribution in [2.75, 3.05) is 13.3 Å². The number of fused-ring (bicyclic) bond motifs is 2. The third-order valence-electron chi connectivity index (χ3n) is 5.81. The first-order valence-corrected chi connectivity index (χ1v) is 11.6. The quantitative estimate of drug-likeness (QED) is 0.375. The molecule has 3 heterocycles. The standard InChI is InChI=1S/C25H25N3O3S/c1-16(25(29)28-12-17-8-9-22-23(11-17)31-15-30-22)26-14-20(24-7-4-10-32-24)19-13-27-21-6-3-2-5-18(19)21/h2-11,13,16,20,26-27H,12,14-15H2,1H3,(H,28,29)/t16-,20+/m1/s1. The Bertz CT molecular complexity index is 1220. The van der Waals surface area contributed by atoms with Crippen LogP contribution in [0.15, 0.2) is 66.2 Å². The summed E-state index contributed by atoms with van der Waals surface area (Å²) in [6.07, 6.45) is 2.08. The van der Waals surface area contributed by atoms with Gasteiger partial charge in [-0.2, -0.15) is 0 Å². The van der Waals surface area contributed by atoms with Crippen molar-refractivity contribution in [3.8, 4) is 11.5 Å². The number of rotatable bonds is 8. The average molecular weight is 448 g/mol. The molecule has 0 saturated heterocycles. The van der Waals surface area contributed by atoms with Crippen LogP contribution in [0.3, 0.4) is 0 Å². The number of carbonyl (C=O) groups excluding carboxylic acids is 1. The fourth-order valence-electron chi connectivity index (χ4n) is 4.02. The minimum atomic E-state index is -0.323. The van der Waals surface area contributed by atoms with Crippen LogP contribution in [0.4, 0.5) is 0 Å². The van der Waals surface area contributed by atoms with Crippen molar-refractivity contribution >= 4 is 28.1 Å². The summed E-state index contributed by atoms with van der Waals surface area (Å²) in [5.74, 6) is 1.59. The Balaban J connectivity index is 1.23. The van der Waals surface area contributed by atoms with Crippen LogP contribution in [0.2, 0.25) is 0 Å². The van der Waals surface area contributed by atoms with Gasteiger partial charge in [-0.1, -0.05) is 30.3 Å². The van der Waals surface area contributed by atoms with Gasteiger partial charge in [0.2, 0.25) is 12.7 Å². The number of aromatic nitrogens is 1. The number of benzene rings is 2. The van der Waals surface area contributed by atoms with Crippen molar-refractivity contribution in [3.05, 3.63) is 82.2 Å². The molecule has 2 aromatic heterocycles. The molecule has 0 unspecified atom stereocenters. The van der Waals surface area contributed by atoms with Gasteiger partial charge in [0.05, 0.1) is 6.04 Å². The zero-order valence-corrected chi connectivity index (χ0v) is 18.6. The van der Waals surface area contributed by atoms with Crippen LogP contribution in [0.5, 0.6) is 11.5 Å². The van der Waals surface area contributed by atoms with Gasteiger partial charge in [-0.05, 0) is 47.7 Å². The Morgan fingerprint density at radius 2 is 2.00 bits per heavy atom. The van der Waals surface area contributed by atoms with Crippen molar-refractivity contribution in [2.24, 2.45) is 0 Å². The largest absolute Gasteiger partial charge is 0.454 e. The highest BCUT2D eigenvalue weighted by Crippen LogP contribution is 2.33. The SMILES string of the molecule is C[C@@H](NC[C@H](c1cccs1)c1c[nH]c2ccccc12)C(=O)NCc1ccc2c(c1)OCO2. The summed E-state index contributed by atoms with van der Waals surface area (Å²) >= 11 is 1.74. The molecule has 0 bridgehead atoms. The number of aromatic amines is 1. The zero-order chi connectivity index (χ0) is 21.9. The van der Waals surface area contributed by atoms with Crippen LogP contribution >= 0.6 is 11.3 Å². The molecule has 5 rings (SSSR count). The number of para-hydroxylation sites is 1. The maximum absolute atomic E-state index is 12.7. The number of amides is 1. The first-order valence-electron chi connectivity index (χ1n) is 10.7. The summed E-state index contributed by atoms with van der Waals surface area (Å²) in [4.78, 5) is 17.4. The zero-order valence-electron chi connectivity index (χ0n) is 17.8. The molecule has 0 aliphatic carbocycles. The van der Waals surface area contributed by atoms with E-state index in [0.29, 0.717) is 13.1 Å². The summed E-state index contributed by atoms with van der Waals surface area (Å²) in [6.45, 7) is 3.25. The maximum atomic E-state index is 12.7. The molecule has 0 fully saturated rings. The van der Waals surface area contributed by atoms with Crippen molar-refractivity contribution in [1.82, 2.24) is 15.6 Å². The van der Waals surface area contributed by atoms with Gasteiger partial charge in [-0.15, -0.1) is 11.3 Å². The molecule has 164 valence electrons. The molecule has 1 amide bonds. The minimum Gasteiger partial charge on any atom is -0.454 e. The molecule has 32 heavy (non-hydrogen) atoms. The van der Waals surface area contributed by atoms with Gasteiger partial charge in [-0.25, -0.2) is 0 Å². The number of nitrogens with one attached hydrogen (secondary N) is 3. The predicted octanol–water partition coefficient (Wildman–Crippen LogP) is 4.38. The van der Waals surface area contributed by atoms with Gasteiger partial charge >= 0.3 is 0 Å². The van der Waals surface area contributed by atoms with E-state index in [1.807, 2.05) is 31.2 Å². The number of H-pyrrole nitrogens is 1. The topological polar surface area (TPSA) is 75.4 Å². The highest BCUT2D eigenvalue weighted by molar-refractivity contribution is 7.10. The van der Waals surface area contributed by atoms with E-state index in [9.17, 15) is 4.79 Å². The first kappa shape index (κ1) is 20.6. The van der Waals surface area contributed by atoms with Crippen LogP contribution in [0.25, 0.3) is 10.9 Å². The molecule has 7 heteroatoms. The molecule has 3 N–H and O–H groups in total. The summed E-state index contributed by atoms with van der Waals surface area (Å²) < 4.78 is 10.7. The van der Waals surface area contributed by atoms with Crippen molar-refractivity contribution in [3.63, 3.8) is 0 Å². The van der Waals surface area contributed by atoms with Gasteiger partial charge < -0.3 is 25.1 Å². The van der Waals surface area contributed by atoms with E-state index in [-0.39, 0.29) is 24.7 Å². The van der Waals surface area contributed by atoms with Crippen molar-refractivity contribution in [1.29, 1.82) is 0 Å². The van der Waals surface area contributed by atoms with Gasteiger partial charge in [0.1, 0.15) is 0 Å². The molecule has 2 atom stereocenters. The molecule has 6 nitrogen and oxygen atoms in total. The monoisotopic (exact) mass is 447 g/mol. The highest BCUT2D eigenvalue weighted by atomic mass is 32.1. The van der Waals surface area contributed by atoms with Crippen molar-refractivity contribution < 1.29 is 14.3 Å². The Kier molecular flexibility index (Phi) is 5.83. The molecule has 1 aliphatic heterocycles. The van der Waals surface area contributed by atoms with E-state index >= 15 is 0 Å². The molecule has 1 aliphatic rings. The molecule has 0 spiro atoms. The number of hydrogen-bond acceptors (Lipinski definition) is 5. The second-order valence-electron chi connectivity index (χ2n) is 7.89. The van der Waals surface area contributed by atoms with Crippen LogP contribution in [-0.2, 0) is 11.3 Å². The second-order valence-corrected chi connectivity index (χ2v) is 8.87. The normalized spacial score (nSPS) is 14.4. The lowest BCUT2D eigenvalue weighted by Gasteiger charge is -2.20. The summed E-state index contributed by atoms with van der Waals surface area (Å²) in [5.41, 5.74) is 3.34. The van der Waals surface area contributed by atoms with Crippen molar-refractivity contribution in [2.45, 2.75) is 25.4 Å². The Labute approximate surface area is 190 Å². The van der Waals surface area contributed by atoms with Crippen LogP contribution in [0, 0.1) is 0 Å². The van der Waals surface area contributed by atoms with Gasteiger partial charge in [0.25, 0.3) is 0 Å². The first-order chi connectivity index (χ1) is 15.7. The van der Waals surface area contributed by atoms with E-state index in [4.69, 9.17) is 9.47 Å². The van der Waals surface area contributed by atoms with E-state index in [0.717, 1.165) is 22.6 Å². The van der Waals surface area contributed by atoms with Crippen LogP contribution < -0.4 is 20.1 Å². The Morgan fingerprint density at radius 3 is 2.88 bits per heavy atom. The van der Waals surface area contributed by atoms with E-state index < -0.39 is 0 Å². The molecule has 2 aromatic carbocycles. The fraction of sp³-hybridized carbons (Fsp3) is 0.240. The van der Waals surface area contributed by atoms with E-state index in [1.165, 1.54) is 15.8 Å². The van der Waals surface area contributed by atoms with Gasteiger partial charge in [0.15, 0.2) is 11.5 Å². The predicted molar refractivity (Wildman–Crippen MR) is 126 cm³/mol. The van der Waals surface area contributed by atoms with E-state index in [2.05, 4.69) is 57.5 Å². The van der Waals surface area contributed by atoms with Gasteiger partial charge in [0, 0.05) is 41.0 Å². The summed E-state index contributed by atoms with van der Waals surface area (Å²) in [5, 5.41) is 9.76. The molecular formula is C25H25N3O3S. The number of hydrogen-bond donors (Lipinski definition) is 3. The highest BCUT2D eigenvalue weighted by Gasteiger charge is 2.21. The average Bonchev–Trinajstić information content (AvgIpc) is 3.58. The number of thiophene rings is 1. The van der Waals surface area contributed by atoms with Crippen LogP contribution in [0.1, 0.15) is 28.8 Å². The van der Waals surface area contributed by atoms with Crippen LogP contribution in [-0.4, -0.2) is 30.3 Å². The summed E-state index contributed by atoms with van der Waals surface area (Å²) in [6, 6.07) is 18.0. The third-order valence-corrected chi connectivity index (χ3v) is 6.79. The molecular weight excluding hydrogens is 422 g/mol. The molecule has 0 saturated carbocycles. The van der Waals surface area contributed by atoms with Gasteiger partial charge in [-0.3, -0.25) is 4.79 Å². The summed E-state index contributed by atoms with van der Waals surface area (Å²) in [7, 11) is 0. The Hall–Kier alpha value is -3.29. The lowest BCUT2D eigenvalue weighted by atomic mass is 9.96. The molecule has 4 aromatic rings. The second kappa shape index (κ2) is 9.06. The maximum Gasteiger partial charge on any atom is 0.237 e. The fourth-order valence-corrected chi connectivity index (χ4v) is 4.86. The van der Waals surface area contributed by atoms with E-state index in [1.54, 1.807) is 11.3 Å². The number of ether oxygens (including phenoxy) is 2. The smallest absolute Gasteiger partial charge is 0.237 e. The lowest BCUT2D eigenvalue weighted by Crippen LogP contribution is -2.43. The third kappa shape index (κ3) is 4.22. The number of carbonyl (C=O) groups is 1. The Morgan fingerprint density at radius 1 is 1.12 bits per heavy atom.